The third kappa shape index (κ3) is 2.72. The van der Waals surface area contributed by atoms with Gasteiger partial charge in [0.25, 0.3) is 5.56 Å². The molecule has 1 aliphatic heterocycles. The van der Waals surface area contributed by atoms with Gasteiger partial charge in [-0.3, -0.25) is 9.78 Å². The fourth-order valence-electron chi connectivity index (χ4n) is 2.40. The van der Waals surface area contributed by atoms with Crippen LogP contribution in [0.2, 0.25) is 0 Å². The van der Waals surface area contributed by atoms with Gasteiger partial charge >= 0.3 is 0 Å². The molecular weight excluding hydrogens is 270 g/mol. The van der Waals surface area contributed by atoms with Crippen molar-refractivity contribution in [2.75, 3.05) is 18.1 Å². The summed E-state index contributed by atoms with van der Waals surface area (Å²) in [5, 5.41) is 4.31. The van der Waals surface area contributed by atoms with Gasteiger partial charge in [-0.1, -0.05) is 0 Å². The third-order valence-corrected chi connectivity index (χ3v) is 3.45. The SMILES string of the molecule is CCOc1cncc(N2CCc3nn(C)c(=O)cc3C2)n1. The van der Waals surface area contributed by atoms with Gasteiger partial charge in [0.1, 0.15) is 0 Å². The van der Waals surface area contributed by atoms with E-state index in [1.54, 1.807) is 25.5 Å². The molecule has 21 heavy (non-hydrogen) atoms. The van der Waals surface area contributed by atoms with Crippen LogP contribution >= 0.6 is 0 Å². The van der Waals surface area contributed by atoms with Crippen LogP contribution in [-0.4, -0.2) is 32.9 Å². The van der Waals surface area contributed by atoms with Crippen LogP contribution in [0.4, 0.5) is 5.82 Å². The first-order valence-corrected chi connectivity index (χ1v) is 6.93. The summed E-state index contributed by atoms with van der Waals surface area (Å²) in [5.41, 5.74) is 1.83. The van der Waals surface area contributed by atoms with Crippen molar-refractivity contribution in [3.63, 3.8) is 0 Å². The van der Waals surface area contributed by atoms with E-state index in [2.05, 4.69) is 20.0 Å². The van der Waals surface area contributed by atoms with E-state index in [-0.39, 0.29) is 5.56 Å². The number of aryl methyl sites for hydroxylation is 1. The van der Waals surface area contributed by atoms with Gasteiger partial charge in [-0.05, 0) is 6.92 Å². The Labute approximate surface area is 122 Å². The molecule has 7 heteroatoms. The topological polar surface area (TPSA) is 73.1 Å². The van der Waals surface area contributed by atoms with E-state index in [1.165, 1.54) is 4.68 Å². The van der Waals surface area contributed by atoms with Gasteiger partial charge in [0.2, 0.25) is 5.88 Å². The van der Waals surface area contributed by atoms with Gasteiger partial charge in [-0.25, -0.2) is 4.68 Å². The molecule has 0 bridgehead atoms. The van der Waals surface area contributed by atoms with Crippen LogP contribution in [0.25, 0.3) is 0 Å². The van der Waals surface area contributed by atoms with Crippen LogP contribution in [0, 0.1) is 0 Å². The van der Waals surface area contributed by atoms with E-state index >= 15 is 0 Å². The van der Waals surface area contributed by atoms with Crippen LogP contribution < -0.4 is 15.2 Å². The minimum absolute atomic E-state index is 0.0928. The van der Waals surface area contributed by atoms with Crippen LogP contribution in [0.15, 0.2) is 23.3 Å². The summed E-state index contributed by atoms with van der Waals surface area (Å²) >= 11 is 0. The first kappa shape index (κ1) is 13.5. The Morgan fingerprint density at radius 2 is 2.24 bits per heavy atom. The van der Waals surface area contributed by atoms with E-state index in [4.69, 9.17) is 4.74 Å². The molecule has 0 saturated carbocycles. The van der Waals surface area contributed by atoms with Crippen LogP contribution in [0.3, 0.4) is 0 Å². The molecule has 0 spiro atoms. The number of rotatable bonds is 3. The Bertz CT molecular complexity index is 713. The van der Waals surface area contributed by atoms with Gasteiger partial charge < -0.3 is 9.64 Å². The van der Waals surface area contributed by atoms with Crippen molar-refractivity contribution in [1.29, 1.82) is 0 Å². The molecule has 0 fully saturated rings. The lowest BCUT2D eigenvalue weighted by Crippen LogP contribution is -2.34. The smallest absolute Gasteiger partial charge is 0.266 e. The fourth-order valence-corrected chi connectivity index (χ4v) is 2.40. The zero-order valence-corrected chi connectivity index (χ0v) is 12.1. The molecule has 0 unspecified atom stereocenters. The monoisotopic (exact) mass is 287 g/mol. The number of ether oxygens (including phenoxy) is 1. The summed E-state index contributed by atoms with van der Waals surface area (Å²) in [6, 6.07) is 1.65. The fraction of sp³-hybridized carbons (Fsp3) is 0.429. The standard InChI is InChI=1S/C14H17N5O2/c1-3-21-13-8-15-7-12(16-13)19-5-4-11-10(9-19)6-14(20)18(2)17-11/h6-8H,3-5,9H2,1-2H3. The highest BCUT2D eigenvalue weighted by Crippen LogP contribution is 2.21. The van der Waals surface area contributed by atoms with Gasteiger partial charge in [0.15, 0.2) is 5.82 Å². The highest BCUT2D eigenvalue weighted by atomic mass is 16.5. The zero-order valence-electron chi connectivity index (χ0n) is 12.1. The summed E-state index contributed by atoms with van der Waals surface area (Å²) < 4.78 is 6.75. The van der Waals surface area contributed by atoms with E-state index in [9.17, 15) is 4.79 Å². The molecule has 3 rings (SSSR count). The summed E-state index contributed by atoms with van der Waals surface area (Å²) in [7, 11) is 1.67. The van der Waals surface area contributed by atoms with Crippen molar-refractivity contribution < 1.29 is 4.74 Å². The molecular formula is C14H17N5O2. The van der Waals surface area contributed by atoms with Crippen molar-refractivity contribution in [2.45, 2.75) is 19.9 Å². The van der Waals surface area contributed by atoms with E-state index in [0.717, 1.165) is 30.0 Å². The van der Waals surface area contributed by atoms with E-state index in [1.807, 2.05) is 6.92 Å². The lowest BCUT2D eigenvalue weighted by Gasteiger charge is -2.28. The van der Waals surface area contributed by atoms with Gasteiger partial charge in [-0.15, -0.1) is 0 Å². The quantitative estimate of drug-likeness (QED) is 0.820. The molecule has 0 aromatic carbocycles. The normalized spacial score (nSPS) is 13.9. The van der Waals surface area contributed by atoms with Crippen molar-refractivity contribution in [1.82, 2.24) is 19.7 Å². The number of hydrogen-bond acceptors (Lipinski definition) is 6. The summed E-state index contributed by atoms with van der Waals surface area (Å²) in [4.78, 5) is 22.4. The van der Waals surface area contributed by atoms with Crippen molar-refractivity contribution in [3.8, 4) is 5.88 Å². The summed E-state index contributed by atoms with van der Waals surface area (Å²) in [6.07, 6.45) is 4.09. The maximum atomic E-state index is 11.7. The number of fused-ring (bicyclic) bond motifs is 1. The molecule has 0 radical (unpaired) electrons. The Hall–Kier alpha value is -2.44. The van der Waals surface area contributed by atoms with Crippen LogP contribution in [-0.2, 0) is 20.0 Å². The molecule has 2 aromatic heterocycles. The second kappa shape index (κ2) is 5.51. The molecule has 0 saturated heterocycles. The predicted octanol–water partition coefficient (Wildman–Crippen LogP) is 0.532. The maximum absolute atomic E-state index is 11.7. The average Bonchev–Trinajstić information content (AvgIpc) is 2.49. The second-order valence-electron chi connectivity index (χ2n) is 4.90. The molecule has 3 heterocycles. The Morgan fingerprint density at radius 3 is 3.05 bits per heavy atom. The second-order valence-corrected chi connectivity index (χ2v) is 4.90. The average molecular weight is 287 g/mol. The van der Waals surface area contributed by atoms with E-state index in [0.29, 0.717) is 19.0 Å². The van der Waals surface area contributed by atoms with Crippen molar-refractivity contribution in [2.24, 2.45) is 7.05 Å². The third-order valence-electron chi connectivity index (χ3n) is 3.45. The Balaban J connectivity index is 1.87. The summed E-state index contributed by atoms with van der Waals surface area (Å²) in [6.45, 7) is 3.87. The van der Waals surface area contributed by atoms with Gasteiger partial charge in [-0.2, -0.15) is 10.1 Å². The first-order valence-electron chi connectivity index (χ1n) is 6.93. The Kier molecular flexibility index (Phi) is 3.55. The van der Waals surface area contributed by atoms with Crippen molar-refractivity contribution >= 4 is 5.82 Å². The number of anilines is 1. The molecule has 1 aliphatic rings. The minimum Gasteiger partial charge on any atom is -0.477 e. The molecule has 0 N–H and O–H groups in total. The highest BCUT2D eigenvalue weighted by Gasteiger charge is 2.20. The molecule has 7 nitrogen and oxygen atoms in total. The molecule has 110 valence electrons. The molecule has 0 amide bonds. The molecule has 2 aromatic rings. The van der Waals surface area contributed by atoms with Crippen molar-refractivity contribution in [3.05, 3.63) is 40.1 Å². The lowest BCUT2D eigenvalue weighted by atomic mass is 10.1. The number of aromatic nitrogens is 4. The summed E-state index contributed by atoms with van der Waals surface area (Å²) in [5.74, 6) is 1.27. The number of nitrogens with zero attached hydrogens (tertiary/aromatic N) is 5. The van der Waals surface area contributed by atoms with E-state index < -0.39 is 0 Å². The van der Waals surface area contributed by atoms with Gasteiger partial charge in [0.05, 0.1) is 24.7 Å². The minimum atomic E-state index is -0.0928. The Morgan fingerprint density at radius 1 is 1.38 bits per heavy atom. The largest absolute Gasteiger partial charge is 0.477 e. The lowest BCUT2D eigenvalue weighted by molar-refractivity contribution is 0.325. The maximum Gasteiger partial charge on any atom is 0.266 e. The van der Waals surface area contributed by atoms with Crippen LogP contribution in [0.5, 0.6) is 5.88 Å². The zero-order chi connectivity index (χ0) is 14.8. The highest BCUT2D eigenvalue weighted by molar-refractivity contribution is 5.41. The molecule has 0 aliphatic carbocycles. The van der Waals surface area contributed by atoms with Gasteiger partial charge in [0, 0.05) is 38.2 Å². The first-order chi connectivity index (χ1) is 10.2. The van der Waals surface area contributed by atoms with Crippen LogP contribution in [0.1, 0.15) is 18.2 Å². The predicted molar refractivity (Wildman–Crippen MR) is 77.4 cm³/mol. The number of hydrogen-bond donors (Lipinski definition) is 0. The molecule has 0 atom stereocenters.